The fraction of sp³-hybridized carbons (Fsp3) is 0.812. The van der Waals surface area contributed by atoms with Crippen molar-refractivity contribution in [2.24, 2.45) is 0 Å². The molecule has 0 atom stereocenters. The molecule has 0 saturated heterocycles. The highest BCUT2D eigenvalue weighted by atomic mass is 28.3. The second kappa shape index (κ2) is 10.2. The predicted molar refractivity (Wildman–Crippen MR) is 86.2 cm³/mol. The van der Waals surface area contributed by atoms with Crippen molar-refractivity contribution >= 4 is 14.0 Å². The van der Waals surface area contributed by atoms with E-state index in [1.807, 2.05) is 6.92 Å². The number of carbonyl (C=O) groups is 1. The van der Waals surface area contributed by atoms with Crippen molar-refractivity contribution in [2.45, 2.75) is 78.1 Å². The summed E-state index contributed by atoms with van der Waals surface area (Å²) in [6.45, 7) is 11.4. The van der Waals surface area contributed by atoms with E-state index in [0.29, 0.717) is 6.61 Å². The quantitative estimate of drug-likeness (QED) is 0.239. The second-order valence-corrected chi connectivity index (χ2v) is 11.9. The highest BCUT2D eigenvalue weighted by Crippen LogP contribution is 2.19. The van der Waals surface area contributed by atoms with Gasteiger partial charge in [-0.05, 0) is 25.8 Å². The lowest BCUT2D eigenvalue weighted by atomic mass is 10.1. The zero-order chi connectivity index (χ0) is 14.7. The zero-order valence-corrected chi connectivity index (χ0v) is 14.6. The van der Waals surface area contributed by atoms with Crippen LogP contribution in [0.15, 0.2) is 11.6 Å². The lowest BCUT2D eigenvalue weighted by molar-refractivity contribution is -0.138. The molecule has 0 aliphatic carbocycles. The lowest BCUT2D eigenvalue weighted by Crippen LogP contribution is -2.23. The van der Waals surface area contributed by atoms with Crippen molar-refractivity contribution in [1.29, 1.82) is 0 Å². The fourth-order valence-electron chi connectivity index (χ4n) is 2.05. The molecule has 2 nitrogen and oxygen atoms in total. The molecule has 0 saturated carbocycles. The Morgan fingerprint density at radius 2 is 1.68 bits per heavy atom. The molecule has 0 unspecified atom stereocenters. The van der Waals surface area contributed by atoms with Crippen molar-refractivity contribution in [3.8, 4) is 0 Å². The van der Waals surface area contributed by atoms with Crippen molar-refractivity contribution < 1.29 is 9.53 Å². The number of hydrogen-bond donors (Lipinski definition) is 0. The summed E-state index contributed by atoms with van der Waals surface area (Å²) in [5.74, 6) is -0.0986. The number of ether oxygens (including phenoxy) is 1. The molecule has 3 heteroatoms. The minimum atomic E-state index is -1.26. The van der Waals surface area contributed by atoms with E-state index < -0.39 is 8.07 Å². The maximum Gasteiger partial charge on any atom is 0.333 e. The van der Waals surface area contributed by atoms with Gasteiger partial charge in [0.25, 0.3) is 0 Å². The number of allylic oxidation sites excluding steroid dienone is 1. The summed E-state index contributed by atoms with van der Waals surface area (Å²) < 4.78 is 5.16. The van der Waals surface area contributed by atoms with Crippen LogP contribution in [0.1, 0.15) is 52.4 Å². The first-order valence-corrected chi connectivity index (χ1v) is 11.5. The Morgan fingerprint density at radius 1 is 1.05 bits per heavy atom. The molecule has 0 aromatic carbocycles. The number of carbonyl (C=O) groups excluding carboxylic acids is 1. The standard InChI is InChI=1S/C16H32O2Si/c1-6-8-9-10-11-12-13-15(14-19(3,4)5)16(17)18-7-2/h13H,6-12,14H2,1-5H3/b15-13+. The maximum absolute atomic E-state index is 11.9. The molecule has 0 fully saturated rings. The topological polar surface area (TPSA) is 26.3 Å². The van der Waals surface area contributed by atoms with Gasteiger partial charge >= 0.3 is 5.97 Å². The van der Waals surface area contributed by atoms with Crippen LogP contribution in [0.4, 0.5) is 0 Å². The Hall–Kier alpha value is -0.573. The predicted octanol–water partition coefficient (Wildman–Crippen LogP) is 5.17. The monoisotopic (exact) mass is 284 g/mol. The number of esters is 1. The van der Waals surface area contributed by atoms with Crippen molar-refractivity contribution in [3.63, 3.8) is 0 Å². The van der Waals surface area contributed by atoms with Crippen LogP contribution in [0.5, 0.6) is 0 Å². The Morgan fingerprint density at radius 3 is 2.21 bits per heavy atom. The molecule has 112 valence electrons. The molecule has 0 N–H and O–H groups in total. The Bertz CT molecular complexity index is 277. The molecule has 0 spiro atoms. The Balaban J connectivity index is 4.27. The first-order chi connectivity index (χ1) is 8.90. The number of unbranched alkanes of at least 4 members (excludes halogenated alkanes) is 5. The first kappa shape index (κ1) is 18.4. The molecule has 0 aliphatic heterocycles. The molecule has 0 rings (SSSR count). The van der Waals surface area contributed by atoms with Crippen LogP contribution < -0.4 is 0 Å². The lowest BCUT2D eigenvalue weighted by Gasteiger charge is -2.17. The third-order valence-electron chi connectivity index (χ3n) is 2.96. The molecular formula is C16H32O2Si. The van der Waals surface area contributed by atoms with Crippen LogP contribution in [0.3, 0.4) is 0 Å². The van der Waals surface area contributed by atoms with E-state index in [0.717, 1.165) is 18.0 Å². The number of rotatable bonds is 10. The SMILES string of the molecule is CCCCCCC/C=C(\C[Si](C)(C)C)C(=O)OCC. The van der Waals surface area contributed by atoms with Crippen molar-refractivity contribution in [2.75, 3.05) is 6.61 Å². The van der Waals surface area contributed by atoms with Crippen LogP contribution in [-0.4, -0.2) is 20.7 Å². The van der Waals surface area contributed by atoms with E-state index in [-0.39, 0.29) is 5.97 Å². The highest BCUT2D eigenvalue weighted by Gasteiger charge is 2.20. The van der Waals surface area contributed by atoms with Gasteiger partial charge in [-0.3, -0.25) is 0 Å². The molecule has 19 heavy (non-hydrogen) atoms. The van der Waals surface area contributed by atoms with E-state index in [2.05, 4.69) is 32.6 Å². The molecule has 0 amide bonds. The van der Waals surface area contributed by atoms with Crippen LogP contribution >= 0.6 is 0 Å². The third kappa shape index (κ3) is 11.0. The second-order valence-electron chi connectivity index (χ2n) is 6.39. The molecular weight excluding hydrogens is 252 g/mol. The fourth-order valence-corrected chi connectivity index (χ4v) is 3.48. The molecule has 0 heterocycles. The van der Waals surface area contributed by atoms with Gasteiger partial charge in [0, 0.05) is 13.6 Å². The highest BCUT2D eigenvalue weighted by molar-refractivity contribution is 6.77. The van der Waals surface area contributed by atoms with Crippen LogP contribution in [0.2, 0.25) is 25.7 Å². The summed E-state index contributed by atoms with van der Waals surface area (Å²) in [7, 11) is -1.26. The summed E-state index contributed by atoms with van der Waals surface area (Å²) in [5, 5.41) is 0. The van der Waals surface area contributed by atoms with Gasteiger partial charge in [0.05, 0.1) is 6.61 Å². The average molecular weight is 285 g/mol. The minimum Gasteiger partial charge on any atom is -0.463 e. The summed E-state index contributed by atoms with van der Waals surface area (Å²) >= 11 is 0. The van der Waals surface area contributed by atoms with Crippen molar-refractivity contribution in [1.82, 2.24) is 0 Å². The van der Waals surface area contributed by atoms with Gasteiger partial charge in [-0.25, -0.2) is 4.79 Å². The van der Waals surface area contributed by atoms with E-state index in [4.69, 9.17) is 4.74 Å². The minimum absolute atomic E-state index is 0.0986. The summed E-state index contributed by atoms with van der Waals surface area (Å²) in [5.41, 5.74) is 0.913. The van der Waals surface area contributed by atoms with Gasteiger partial charge in [0.15, 0.2) is 0 Å². The van der Waals surface area contributed by atoms with Crippen LogP contribution in [0, 0.1) is 0 Å². The maximum atomic E-state index is 11.9. The van der Waals surface area contributed by atoms with Gasteiger partial charge < -0.3 is 4.74 Å². The van der Waals surface area contributed by atoms with E-state index in [1.165, 1.54) is 32.1 Å². The summed E-state index contributed by atoms with van der Waals surface area (Å²) in [6.07, 6.45) is 9.52. The van der Waals surface area contributed by atoms with Gasteiger partial charge in [0.1, 0.15) is 0 Å². The van der Waals surface area contributed by atoms with E-state index in [9.17, 15) is 4.79 Å². The van der Waals surface area contributed by atoms with Crippen molar-refractivity contribution in [3.05, 3.63) is 11.6 Å². The van der Waals surface area contributed by atoms with E-state index >= 15 is 0 Å². The summed E-state index contributed by atoms with van der Waals surface area (Å²) in [6, 6.07) is 0.931. The summed E-state index contributed by atoms with van der Waals surface area (Å²) in [4.78, 5) is 11.9. The van der Waals surface area contributed by atoms with Gasteiger partial charge in [-0.1, -0.05) is 58.3 Å². The van der Waals surface area contributed by atoms with Crippen LogP contribution in [-0.2, 0) is 9.53 Å². The molecule has 0 aromatic heterocycles. The molecule has 0 radical (unpaired) electrons. The first-order valence-electron chi connectivity index (χ1n) is 7.77. The Labute approximate surface area is 120 Å². The molecule has 0 bridgehead atoms. The van der Waals surface area contributed by atoms with Gasteiger partial charge in [-0.2, -0.15) is 0 Å². The average Bonchev–Trinajstić information content (AvgIpc) is 2.31. The zero-order valence-electron chi connectivity index (χ0n) is 13.6. The Kier molecular flexibility index (Phi) is 9.93. The van der Waals surface area contributed by atoms with Crippen LogP contribution in [0.25, 0.3) is 0 Å². The third-order valence-corrected chi connectivity index (χ3v) is 4.40. The van der Waals surface area contributed by atoms with E-state index in [1.54, 1.807) is 0 Å². The smallest absolute Gasteiger partial charge is 0.333 e. The number of hydrogen-bond acceptors (Lipinski definition) is 2. The van der Waals surface area contributed by atoms with Gasteiger partial charge in [0.2, 0.25) is 0 Å². The molecule has 0 aliphatic rings. The largest absolute Gasteiger partial charge is 0.463 e. The molecule has 0 aromatic rings. The van der Waals surface area contributed by atoms with Gasteiger partial charge in [-0.15, -0.1) is 0 Å². The normalized spacial score (nSPS) is 12.6.